The maximum Gasteiger partial charge on any atom is 0.343 e. The Morgan fingerprint density at radius 2 is 1.81 bits per heavy atom. The molecular weight excluding hydrogens is 550 g/mol. The SMILES string of the molecule is CCOc1cc(C=NNC(=O)CC(=O)Nc2ccccc2Br)cc(Br)c1OCC(=O)OC. The Balaban J connectivity index is 1.98. The standard InChI is InChI=1S/C21H21Br2N3O6/c1-3-31-17-9-13(8-15(23)21(17)32-12-20(29)30-2)11-24-26-19(28)10-18(27)25-16-7-5-4-6-14(16)22/h4-9,11H,3,10,12H2,1-2H3,(H,25,27)(H,26,28). The van der Waals surface area contributed by atoms with E-state index in [4.69, 9.17) is 9.47 Å². The summed E-state index contributed by atoms with van der Waals surface area (Å²) in [6.45, 7) is 1.89. The number of carbonyl (C=O) groups is 3. The van der Waals surface area contributed by atoms with Crippen LogP contribution in [-0.2, 0) is 19.1 Å². The van der Waals surface area contributed by atoms with Crippen LogP contribution in [0.5, 0.6) is 11.5 Å². The molecule has 0 aliphatic carbocycles. The van der Waals surface area contributed by atoms with E-state index in [1.165, 1.54) is 13.3 Å². The molecule has 0 saturated carbocycles. The minimum atomic E-state index is -0.576. The number of hydrogen-bond donors (Lipinski definition) is 2. The van der Waals surface area contributed by atoms with Crippen molar-refractivity contribution in [3.8, 4) is 11.5 Å². The van der Waals surface area contributed by atoms with Gasteiger partial charge in [0, 0.05) is 4.47 Å². The van der Waals surface area contributed by atoms with Gasteiger partial charge >= 0.3 is 5.97 Å². The number of halogens is 2. The lowest BCUT2D eigenvalue weighted by atomic mass is 10.2. The fourth-order valence-corrected chi connectivity index (χ4v) is 3.33. The van der Waals surface area contributed by atoms with Crippen LogP contribution in [0.4, 0.5) is 5.69 Å². The Hall–Kier alpha value is -2.92. The Bertz CT molecular complexity index is 1010. The molecule has 2 aromatic rings. The number of benzene rings is 2. The molecule has 0 atom stereocenters. The van der Waals surface area contributed by atoms with Gasteiger partial charge in [0.05, 0.1) is 30.1 Å². The molecule has 0 heterocycles. The van der Waals surface area contributed by atoms with E-state index in [1.807, 2.05) is 6.07 Å². The largest absolute Gasteiger partial charge is 0.490 e. The summed E-state index contributed by atoms with van der Waals surface area (Å²) < 4.78 is 16.8. The monoisotopic (exact) mass is 569 g/mol. The van der Waals surface area contributed by atoms with Crippen LogP contribution in [-0.4, -0.2) is 44.3 Å². The zero-order valence-electron chi connectivity index (χ0n) is 17.3. The van der Waals surface area contributed by atoms with E-state index in [9.17, 15) is 14.4 Å². The second-order valence-electron chi connectivity index (χ2n) is 6.13. The zero-order valence-corrected chi connectivity index (χ0v) is 20.5. The van der Waals surface area contributed by atoms with Gasteiger partial charge in [0.2, 0.25) is 11.8 Å². The molecule has 0 spiro atoms. The van der Waals surface area contributed by atoms with E-state index in [1.54, 1.807) is 37.3 Å². The van der Waals surface area contributed by atoms with Crippen LogP contribution in [0, 0.1) is 0 Å². The molecule has 2 rings (SSSR count). The molecule has 32 heavy (non-hydrogen) atoms. The number of para-hydroxylation sites is 1. The average molecular weight is 571 g/mol. The highest BCUT2D eigenvalue weighted by Gasteiger charge is 2.14. The van der Waals surface area contributed by atoms with Crippen LogP contribution in [0.15, 0.2) is 50.4 Å². The van der Waals surface area contributed by atoms with E-state index in [0.717, 1.165) is 0 Å². The van der Waals surface area contributed by atoms with E-state index in [2.05, 4.69) is 52.4 Å². The number of nitrogens with zero attached hydrogens (tertiary/aromatic N) is 1. The molecule has 0 bridgehead atoms. The van der Waals surface area contributed by atoms with Crippen molar-refractivity contribution in [1.82, 2.24) is 5.43 Å². The van der Waals surface area contributed by atoms with Crippen LogP contribution in [0.2, 0.25) is 0 Å². The molecule has 2 amide bonds. The predicted octanol–water partition coefficient (Wildman–Crippen LogP) is 3.64. The van der Waals surface area contributed by atoms with Gasteiger partial charge in [-0.3, -0.25) is 9.59 Å². The van der Waals surface area contributed by atoms with E-state index < -0.39 is 24.2 Å². The molecule has 0 aliphatic heterocycles. The molecule has 0 saturated heterocycles. The molecule has 0 radical (unpaired) electrons. The summed E-state index contributed by atoms with van der Waals surface area (Å²) in [4.78, 5) is 35.4. The summed E-state index contributed by atoms with van der Waals surface area (Å²) in [5.41, 5.74) is 3.46. The summed E-state index contributed by atoms with van der Waals surface area (Å²) in [7, 11) is 1.27. The number of esters is 1. The quantitative estimate of drug-likeness (QED) is 0.195. The van der Waals surface area contributed by atoms with Crippen molar-refractivity contribution in [3.05, 3.63) is 50.9 Å². The molecule has 0 aromatic heterocycles. The molecule has 0 unspecified atom stereocenters. The Morgan fingerprint density at radius 1 is 1.06 bits per heavy atom. The van der Waals surface area contributed by atoms with Crippen molar-refractivity contribution in [2.45, 2.75) is 13.3 Å². The number of hydrazone groups is 1. The number of nitrogens with one attached hydrogen (secondary N) is 2. The van der Waals surface area contributed by atoms with E-state index in [-0.39, 0.29) is 6.61 Å². The van der Waals surface area contributed by atoms with Crippen molar-refractivity contribution in [2.24, 2.45) is 5.10 Å². The van der Waals surface area contributed by atoms with Gasteiger partial charge in [0.25, 0.3) is 0 Å². The Morgan fingerprint density at radius 3 is 2.50 bits per heavy atom. The smallest absolute Gasteiger partial charge is 0.343 e. The van der Waals surface area contributed by atoms with Gasteiger partial charge in [0.1, 0.15) is 6.42 Å². The van der Waals surface area contributed by atoms with Gasteiger partial charge in [-0.25, -0.2) is 10.2 Å². The van der Waals surface area contributed by atoms with Crippen LogP contribution < -0.4 is 20.2 Å². The summed E-state index contributed by atoms with van der Waals surface area (Å²) >= 11 is 6.69. The topological polar surface area (TPSA) is 115 Å². The van der Waals surface area contributed by atoms with Gasteiger partial charge in [0.15, 0.2) is 18.1 Å². The molecule has 0 aliphatic rings. The minimum Gasteiger partial charge on any atom is -0.490 e. The first-order valence-corrected chi connectivity index (χ1v) is 10.9. The number of anilines is 1. The third kappa shape index (κ3) is 7.97. The van der Waals surface area contributed by atoms with Crippen LogP contribution in [0.1, 0.15) is 18.9 Å². The fraction of sp³-hybridized carbons (Fsp3) is 0.238. The summed E-state index contributed by atoms with van der Waals surface area (Å²) in [5, 5.41) is 6.51. The number of methoxy groups -OCH3 is 1. The summed E-state index contributed by atoms with van der Waals surface area (Å²) in [6, 6.07) is 10.4. The fourth-order valence-electron chi connectivity index (χ4n) is 2.38. The van der Waals surface area contributed by atoms with E-state index in [0.29, 0.717) is 38.3 Å². The van der Waals surface area contributed by atoms with E-state index >= 15 is 0 Å². The zero-order chi connectivity index (χ0) is 23.5. The first-order chi connectivity index (χ1) is 15.3. The average Bonchev–Trinajstić information content (AvgIpc) is 2.74. The number of amides is 2. The highest BCUT2D eigenvalue weighted by molar-refractivity contribution is 9.11. The molecule has 0 fully saturated rings. The first kappa shape index (κ1) is 25.3. The summed E-state index contributed by atoms with van der Waals surface area (Å²) in [5.74, 6) is -0.865. The lowest BCUT2D eigenvalue weighted by molar-refractivity contribution is -0.143. The molecule has 170 valence electrons. The molecule has 9 nitrogen and oxygen atoms in total. The van der Waals surface area contributed by atoms with Gasteiger partial charge in [-0.2, -0.15) is 5.10 Å². The second kappa shape index (κ2) is 12.8. The predicted molar refractivity (Wildman–Crippen MR) is 126 cm³/mol. The normalized spacial score (nSPS) is 10.5. The van der Waals surface area contributed by atoms with Crippen molar-refractivity contribution < 1.29 is 28.6 Å². The van der Waals surface area contributed by atoms with Crippen molar-refractivity contribution in [2.75, 3.05) is 25.6 Å². The number of hydrogen-bond acceptors (Lipinski definition) is 7. The Kier molecular flexibility index (Phi) is 10.2. The maximum absolute atomic E-state index is 12.0. The van der Waals surface area contributed by atoms with Gasteiger partial charge in [-0.05, 0) is 68.6 Å². The van der Waals surface area contributed by atoms with Gasteiger partial charge < -0.3 is 19.5 Å². The van der Waals surface area contributed by atoms with Crippen molar-refractivity contribution in [3.63, 3.8) is 0 Å². The van der Waals surface area contributed by atoms with Crippen LogP contribution in [0.3, 0.4) is 0 Å². The number of rotatable bonds is 10. The first-order valence-electron chi connectivity index (χ1n) is 9.36. The Labute approximate surface area is 201 Å². The molecule has 2 aromatic carbocycles. The highest BCUT2D eigenvalue weighted by atomic mass is 79.9. The summed E-state index contributed by atoms with van der Waals surface area (Å²) in [6.07, 6.45) is 0.994. The minimum absolute atomic E-state index is 0.277. The lowest BCUT2D eigenvalue weighted by Gasteiger charge is -2.13. The second-order valence-corrected chi connectivity index (χ2v) is 7.83. The van der Waals surface area contributed by atoms with Crippen molar-refractivity contribution in [1.29, 1.82) is 0 Å². The third-order valence-corrected chi connectivity index (χ3v) is 5.05. The third-order valence-electron chi connectivity index (χ3n) is 3.77. The van der Waals surface area contributed by atoms with Crippen LogP contribution >= 0.6 is 31.9 Å². The van der Waals surface area contributed by atoms with Crippen molar-refractivity contribution >= 4 is 61.5 Å². The number of carbonyl (C=O) groups excluding carboxylic acids is 3. The van der Waals surface area contributed by atoms with Gasteiger partial charge in [-0.1, -0.05) is 12.1 Å². The lowest BCUT2D eigenvalue weighted by Crippen LogP contribution is -2.24. The highest BCUT2D eigenvalue weighted by Crippen LogP contribution is 2.36. The van der Waals surface area contributed by atoms with Crippen LogP contribution in [0.25, 0.3) is 0 Å². The number of ether oxygens (including phenoxy) is 3. The molecular formula is C21H21Br2N3O6. The molecule has 11 heteroatoms. The molecule has 2 N–H and O–H groups in total. The maximum atomic E-state index is 12.0. The van der Waals surface area contributed by atoms with Gasteiger partial charge in [-0.15, -0.1) is 0 Å².